The van der Waals surface area contributed by atoms with Crippen molar-refractivity contribution in [2.45, 2.75) is 45.2 Å². The van der Waals surface area contributed by atoms with Gasteiger partial charge in [0.15, 0.2) is 12.4 Å². The summed E-state index contributed by atoms with van der Waals surface area (Å²) < 4.78 is 2.15. The van der Waals surface area contributed by atoms with Crippen molar-refractivity contribution in [3.63, 3.8) is 0 Å². The van der Waals surface area contributed by atoms with Crippen LogP contribution in [0.4, 0.5) is 0 Å². The molecule has 0 aliphatic carbocycles. The highest BCUT2D eigenvalue weighted by Gasteiger charge is 2.08. The predicted octanol–water partition coefficient (Wildman–Crippen LogP) is 2.89. The number of hydrogen-bond acceptors (Lipinski definition) is 1. The van der Waals surface area contributed by atoms with Gasteiger partial charge in [-0.2, -0.15) is 0 Å². The highest BCUT2D eigenvalue weighted by molar-refractivity contribution is 5.76. The SMILES string of the molecule is CC(Cc1ccccc1)NC(=O)CCCC[n+]1ccccc1. The number of pyridine rings is 1. The zero-order valence-corrected chi connectivity index (χ0v) is 13.2. The Morgan fingerprint density at radius 1 is 1.05 bits per heavy atom. The zero-order valence-electron chi connectivity index (χ0n) is 13.2. The van der Waals surface area contributed by atoms with Gasteiger partial charge in [0.1, 0.15) is 6.54 Å². The lowest BCUT2D eigenvalue weighted by Crippen LogP contribution is -2.34. The molecular weight excluding hydrogens is 272 g/mol. The molecular formula is C19H25N2O+. The predicted molar refractivity (Wildman–Crippen MR) is 88.2 cm³/mol. The third kappa shape index (κ3) is 6.08. The monoisotopic (exact) mass is 297 g/mol. The van der Waals surface area contributed by atoms with Crippen molar-refractivity contribution >= 4 is 5.91 Å². The maximum Gasteiger partial charge on any atom is 0.220 e. The molecule has 0 aliphatic heterocycles. The van der Waals surface area contributed by atoms with E-state index < -0.39 is 0 Å². The fraction of sp³-hybridized carbons (Fsp3) is 0.368. The standard InChI is InChI=1S/C19H24N2O/c1-17(16-18-10-4-2-5-11-18)20-19(22)12-6-9-15-21-13-7-3-8-14-21/h2-5,7-8,10-11,13-14,17H,6,9,12,15-16H2,1H3/p+1. The molecule has 0 spiro atoms. The molecule has 116 valence electrons. The molecule has 0 aliphatic rings. The summed E-state index contributed by atoms with van der Waals surface area (Å²) in [4.78, 5) is 11.9. The third-order valence-corrected chi connectivity index (χ3v) is 3.64. The van der Waals surface area contributed by atoms with E-state index in [4.69, 9.17) is 0 Å². The molecule has 1 heterocycles. The van der Waals surface area contributed by atoms with Gasteiger partial charge in [-0.1, -0.05) is 36.4 Å². The molecule has 22 heavy (non-hydrogen) atoms. The molecule has 0 saturated carbocycles. The summed E-state index contributed by atoms with van der Waals surface area (Å²) in [6.07, 6.45) is 7.55. The number of aryl methyl sites for hydroxylation is 1. The number of nitrogens with one attached hydrogen (secondary N) is 1. The van der Waals surface area contributed by atoms with E-state index in [0.29, 0.717) is 6.42 Å². The average Bonchev–Trinajstić information content (AvgIpc) is 2.53. The number of rotatable bonds is 8. The Labute approximate surface area is 133 Å². The summed E-state index contributed by atoms with van der Waals surface area (Å²) in [6.45, 7) is 3.03. The van der Waals surface area contributed by atoms with Gasteiger partial charge in [0.25, 0.3) is 0 Å². The Morgan fingerprint density at radius 3 is 2.45 bits per heavy atom. The molecule has 3 nitrogen and oxygen atoms in total. The van der Waals surface area contributed by atoms with Crippen molar-refractivity contribution in [2.24, 2.45) is 0 Å². The van der Waals surface area contributed by atoms with Crippen LogP contribution in [-0.4, -0.2) is 11.9 Å². The van der Waals surface area contributed by atoms with Gasteiger partial charge >= 0.3 is 0 Å². The van der Waals surface area contributed by atoms with Crippen LogP contribution < -0.4 is 9.88 Å². The van der Waals surface area contributed by atoms with Crippen molar-refractivity contribution in [1.29, 1.82) is 0 Å². The minimum Gasteiger partial charge on any atom is -0.353 e. The Hall–Kier alpha value is -2.16. The van der Waals surface area contributed by atoms with Crippen LogP contribution in [0.15, 0.2) is 60.9 Å². The fourth-order valence-corrected chi connectivity index (χ4v) is 2.53. The quantitative estimate of drug-likeness (QED) is 0.590. The van der Waals surface area contributed by atoms with Gasteiger partial charge in [-0.05, 0) is 25.3 Å². The molecule has 1 aromatic carbocycles. The first-order chi connectivity index (χ1) is 10.7. The summed E-state index contributed by atoms with van der Waals surface area (Å²) in [5, 5.41) is 3.08. The molecule has 2 aromatic rings. The second-order valence-corrected chi connectivity index (χ2v) is 5.73. The van der Waals surface area contributed by atoms with Crippen LogP contribution in [0, 0.1) is 0 Å². The zero-order chi connectivity index (χ0) is 15.6. The molecule has 3 heteroatoms. The molecule has 0 radical (unpaired) electrons. The van der Waals surface area contributed by atoms with Crippen LogP contribution in [0.2, 0.25) is 0 Å². The van der Waals surface area contributed by atoms with Gasteiger partial charge in [0, 0.05) is 31.0 Å². The third-order valence-electron chi connectivity index (χ3n) is 3.64. The van der Waals surface area contributed by atoms with Crippen LogP contribution in [0.1, 0.15) is 31.7 Å². The lowest BCUT2D eigenvalue weighted by atomic mass is 10.1. The summed E-state index contributed by atoms with van der Waals surface area (Å²) in [5.74, 6) is 0.154. The maximum absolute atomic E-state index is 11.9. The van der Waals surface area contributed by atoms with E-state index in [1.165, 1.54) is 5.56 Å². The summed E-state index contributed by atoms with van der Waals surface area (Å²) in [5.41, 5.74) is 1.26. The van der Waals surface area contributed by atoms with Crippen molar-refractivity contribution in [3.05, 3.63) is 66.5 Å². The number of aromatic nitrogens is 1. The van der Waals surface area contributed by atoms with Crippen molar-refractivity contribution in [1.82, 2.24) is 5.32 Å². The number of hydrogen-bond donors (Lipinski definition) is 1. The van der Waals surface area contributed by atoms with E-state index in [1.54, 1.807) is 0 Å². The first-order valence-electron chi connectivity index (χ1n) is 8.01. The van der Waals surface area contributed by atoms with E-state index in [0.717, 1.165) is 25.8 Å². The minimum atomic E-state index is 0.154. The maximum atomic E-state index is 11.9. The van der Waals surface area contributed by atoms with E-state index in [2.05, 4.69) is 41.3 Å². The highest BCUT2D eigenvalue weighted by Crippen LogP contribution is 2.03. The smallest absolute Gasteiger partial charge is 0.220 e. The number of carbonyl (C=O) groups excluding carboxylic acids is 1. The lowest BCUT2D eigenvalue weighted by Gasteiger charge is -2.13. The van der Waals surface area contributed by atoms with Crippen molar-refractivity contribution < 1.29 is 9.36 Å². The fourth-order valence-electron chi connectivity index (χ4n) is 2.53. The van der Waals surface area contributed by atoms with Gasteiger partial charge in [-0.3, -0.25) is 4.79 Å². The molecule has 1 atom stereocenters. The number of benzene rings is 1. The van der Waals surface area contributed by atoms with Crippen molar-refractivity contribution in [2.75, 3.05) is 0 Å². The number of unbranched alkanes of at least 4 members (excludes halogenated alkanes) is 1. The number of carbonyl (C=O) groups is 1. The summed E-state index contributed by atoms with van der Waals surface area (Å²) in [6, 6.07) is 16.5. The second kappa shape index (κ2) is 8.98. The first-order valence-corrected chi connectivity index (χ1v) is 8.01. The normalized spacial score (nSPS) is 11.9. The Kier molecular flexibility index (Phi) is 6.62. The second-order valence-electron chi connectivity index (χ2n) is 5.73. The van der Waals surface area contributed by atoms with Gasteiger partial charge in [0.05, 0.1) is 0 Å². The Morgan fingerprint density at radius 2 is 1.73 bits per heavy atom. The van der Waals surface area contributed by atoms with E-state index in [-0.39, 0.29) is 11.9 Å². The Balaban J connectivity index is 1.61. The largest absolute Gasteiger partial charge is 0.353 e. The van der Waals surface area contributed by atoms with Crippen LogP contribution in [-0.2, 0) is 17.8 Å². The molecule has 1 amide bonds. The Bertz CT molecular complexity index is 554. The van der Waals surface area contributed by atoms with Crippen LogP contribution in [0.5, 0.6) is 0 Å². The molecule has 0 fully saturated rings. The molecule has 0 saturated heterocycles. The number of nitrogens with zero attached hydrogens (tertiary/aromatic N) is 1. The van der Waals surface area contributed by atoms with E-state index in [9.17, 15) is 4.79 Å². The minimum absolute atomic E-state index is 0.154. The van der Waals surface area contributed by atoms with E-state index >= 15 is 0 Å². The number of amides is 1. The van der Waals surface area contributed by atoms with Gasteiger partial charge in [0.2, 0.25) is 5.91 Å². The first kappa shape index (κ1) is 16.2. The van der Waals surface area contributed by atoms with Gasteiger partial charge in [-0.25, -0.2) is 4.57 Å². The van der Waals surface area contributed by atoms with Crippen molar-refractivity contribution in [3.8, 4) is 0 Å². The van der Waals surface area contributed by atoms with Crippen LogP contribution in [0.25, 0.3) is 0 Å². The molecule has 1 aromatic heterocycles. The summed E-state index contributed by atoms with van der Waals surface area (Å²) >= 11 is 0. The summed E-state index contributed by atoms with van der Waals surface area (Å²) in [7, 11) is 0. The molecule has 0 bridgehead atoms. The van der Waals surface area contributed by atoms with Crippen LogP contribution in [0.3, 0.4) is 0 Å². The van der Waals surface area contributed by atoms with E-state index in [1.807, 2.05) is 36.4 Å². The molecule has 1 unspecified atom stereocenters. The van der Waals surface area contributed by atoms with Gasteiger partial charge < -0.3 is 5.32 Å². The highest BCUT2D eigenvalue weighted by atomic mass is 16.1. The molecule has 2 rings (SSSR count). The topological polar surface area (TPSA) is 33.0 Å². The lowest BCUT2D eigenvalue weighted by molar-refractivity contribution is -0.697. The van der Waals surface area contributed by atoms with Gasteiger partial charge in [-0.15, -0.1) is 0 Å². The van der Waals surface area contributed by atoms with Crippen LogP contribution >= 0.6 is 0 Å². The average molecular weight is 297 g/mol. The molecule has 1 N–H and O–H groups in total.